The molecule has 1 aromatic rings. The fourth-order valence-corrected chi connectivity index (χ4v) is 2.36. The molecule has 0 aliphatic heterocycles. The van der Waals surface area contributed by atoms with Gasteiger partial charge >= 0.3 is 0 Å². The Morgan fingerprint density at radius 1 is 1.50 bits per heavy atom. The average molecular weight is 255 g/mol. The van der Waals surface area contributed by atoms with Crippen molar-refractivity contribution in [2.75, 3.05) is 19.1 Å². The number of hydrogen-bond acceptors (Lipinski definition) is 3. The molecule has 0 spiro atoms. The first-order valence-electron chi connectivity index (χ1n) is 5.12. The monoisotopic (exact) mass is 255 g/mol. The highest BCUT2D eigenvalue weighted by Gasteiger charge is 2.18. The van der Waals surface area contributed by atoms with Gasteiger partial charge in [-0.1, -0.05) is 12.1 Å². The lowest BCUT2D eigenvalue weighted by atomic mass is 10.2. The molecule has 0 saturated heterocycles. The van der Waals surface area contributed by atoms with Crippen molar-refractivity contribution >= 4 is 30.3 Å². The van der Waals surface area contributed by atoms with Crippen LogP contribution in [-0.4, -0.2) is 35.9 Å². The van der Waals surface area contributed by atoms with Gasteiger partial charge in [-0.2, -0.15) is 11.8 Å². The first-order chi connectivity index (χ1) is 7.57. The zero-order valence-electron chi connectivity index (χ0n) is 9.80. The van der Waals surface area contributed by atoms with Gasteiger partial charge in [0.25, 0.3) is 5.91 Å². The number of rotatable bonds is 4. The maximum atomic E-state index is 12.1. The second-order valence-corrected chi connectivity index (χ2v) is 5.13. The second kappa shape index (κ2) is 6.21. The van der Waals surface area contributed by atoms with E-state index in [1.54, 1.807) is 16.7 Å². The summed E-state index contributed by atoms with van der Waals surface area (Å²) in [5.41, 5.74) is 0.668. The van der Waals surface area contributed by atoms with Crippen LogP contribution in [0.3, 0.4) is 0 Å². The molecule has 1 amide bonds. The standard InChI is InChI=1S/C12H17NOS2/c1-9(8-16-3)13(2)12(14)10-6-4-5-7-11(10)15/h4-7,9,15H,8H2,1-3H3. The van der Waals surface area contributed by atoms with Crippen molar-refractivity contribution in [3.05, 3.63) is 29.8 Å². The van der Waals surface area contributed by atoms with E-state index in [1.165, 1.54) is 0 Å². The molecule has 0 saturated carbocycles. The first kappa shape index (κ1) is 13.5. The van der Waals surface area contributed by atoms with Crippen molar-refractivity contribution in [1.82, 2.24) is 4.90 Å². The molecule has 1 atom stereocenters. The fourth-order valence-electron chi connectivity index (χ4n) is 1.40. The number of carbonyl (C=O) groups excluding carboxylic acids is 1. The number of benzene rings is 1. The van der Waals surface area contributed by atoms with Crippen molar-refractivity contribution in [3.63, 3.8) is 0 Å². The maximum Gasteiger partial charge on any atom is 0.254 e. The minimum absolute atomic E-state index is 0.0344. The molecule has 0 heterocycles. The summed E-state index contributed by atoms with van der Waals surface area (Å²) in [5.74, 6) is 0.976. The zero-order valence-corrected chi connectivity index (χ0v) is 11.5. The van der Waals surface area contributed by atoms with E-state index >= 15 is 0 Å². The number of amides is 1. The summed E-state index contributed by atoms with van der Waals surface area (Å²) < 4.78 is 0. The molecule has 0 aliphatic rings. The maximum absolute atomic E-state index is 12.1. The Hall–Kier alpha value is -0.610. The van der Waals surface area contributed by atoms with E-state index < -0.39 is 0 Å². The Bertz CT molecular complexity index is 368. The van der Waals surface area contributed by atoms with Crippen LogP contribution in [-0.2, 0) is 0 Å². The second-order valence-electron chi connectivity index (χ2n) is 3.74. The molecule has 0 bridgehead atoms. The average Bonchev–Trinajstić information content (AvgIpc) is 2.28. The Morgan fingerprint density at radius 3 is 2.69 bits per heavy atom. The fraction of sp³-hybridized carbons (Fsp3) is 0.417. The third-order valence-corrected chi connectivity index (χ3v) is 3.73. The van der Waals surface area contributed by atoms with E-state index in [0.717, 1.165) is 10.6 Å². The molecular formula is C12H17NOS2. The summed E-state index contributed by atoms with van der Waals surface area (Å²) in [7, 11) is 1.84. The molecule has 1 aromatic carbocycles. The molecule has 0 aliphatic carbocycles. The Morgan fingerprint density at radius 2 is 2.12 bits per heavy atom. The number of carbonyl (C=O) groups is 1. The van der Waals surface area contributed by atoms with Gasteiger partial charge in [0.1, 0.15) is 0 Å². The van der Waals surface area contributed by atoms with E-state index in [-0.39, 0.29) is 11.9 Å². The first-order valence-corrected chi connectivity index (χ1v) is 6.96. The number of nitrogens with zero attached hydrogens (tertiary/aromatic N) is 1. The lowest BCUT2D eigenvalue weighted by Crippen LogP contribution is -2.36. The summed E-state index contributed by atoms with van der Waals surface area (Å²) in [6, 6.07) is 7.62. The van der Waals surface area contributed by atoms with E-state index in [4.69, 9.17) is 0 Å². The van der Waals surface area contributed by atoms with Crippen LogP contribution in [0.25, 0.3) is 0 Å². The molecule has 88 valence electrons. The number of thioether (sulfide) groups is 1. The lowest BCUT2D eigenvalue weighted by Gasteiger charge is -2.24. The molecule has 1 unspecified atom stereocenters. The largest absolute Gasteiger partial charge is 0.338 e. The predicted molar refractivity (Wildman–Crippen MR) is 73.6 cm³/mol. The van der Waals surface area contributed by atoms with Crippen molar-refractivity contribution in [1.29, 1.82) is 0 Å². The molecule has 1 rings (SSSR count). The molecule has 16 heavy (non-hydrogen) atoms. The van der Waals surface area contributed by atoms with Crippen LogP contribution in [0.15, 0.2) is 29.2 Å². The SMILES string of the molecule is CSCC(C)N(C)C(=O)c1ccccc1S. The van der Waals surface area contributed by atoms with Gasteiger partial charge in [-0.25, -0.2) is 0 Å². The quantitative estimate of drug-likeness (QED) is 0.835. The molecule has 2 nitrogen and oxygen atoms in total. The Kier molecular flexibility index (Phi) is 5.22. The van der Waals surface area contributed by atoms with Crippen LogP contribution in [0.5, 0.6) is 0 Å². The Labute approximate surface area is 107 Å². The van der Waals surface area contributed by atoms with Crippen LogP contribution < -0.4 is 0 Å². The lowest BCUT2D eigenvalue weighted by molar-refractivity contribution is 0.0754. The van der Waals surface area contributed by atoms with E-state index in [2.05, 4.69) is 19.6 Å². The van der Waals surface area contributed by atoms with Gasteiger partial charge in [-0.05, 0) is 25.3 Å². The smallest absolute Gasteiger partial charge is 0.254 e. The molecule has 0 N–H and O–H groups in total. The van der Waals surface area contributed by atoms with Crippen LogP contribution >= 0.6 is 24.4 Å². The van der Waals surface area contributed by atoms with Gasteiger partial charge in [0.2, 0.25) is 0 Å². The normalized spacial score (nSPS) is 12.2. The van der Waals surface area contributed by atoms with Crippen molar-refractivity contribution < 1.29 is 4.79 Å². The van der Waals surface area contributed by atoms with E-state index in [1.807, 2.05) is 37.6 Å². The highest BCUT2D eigenvalue weighted by molar-refractivity contribution is 7.98. The van der Waals surface area contributed by atoms with Gasteiger partial charge in [0.15, 0.2) is 0 Å². The molecular weight excluding hydrogens is 238 g/mol. The van der Waals surface area contributed by atoms with Crippen LogP contribution in [0.4, 0.5) is 0 Å². The summed E-state index contributed by atoms with van der Waals surface area (Å²) in [5, 5.41) is 0. The van der Waals surface area contributed by atoms with Gasteiger partial charge in [0, 0.05) is 23.7 Å². The van der Waals surface area contributed by atoms with E-state index in [9.17, 15) is 4.79 Å². The summed E-state index contributed by atoms with van der Waals surface area (Å²) in [6.45, 7) is 2.05. The predicted octanol–water partition coefficient (Wildman–Crippen LogP) is 2.80. The van der Waals surface area contributed by atoms with Gasteiger partial charge < -0.3 is 4.90 Å². The minimum Gasteiger partial charge on any atom is -0.338 e. The van der Waals surface area contributed by atoms with Crippen LogP contribution in [0, 0.1) is 0 Å². The Balaban J connectivity index is 2.82. The summed E-state index contributed by atoms with van der Waals surface area (Å²) >= 11 is 6.04. The molecule has 0 aromatic heterocycles. The molecule has 0 fully saturated rings. The van der Waals surface area contributed by atoms with Gasteiger partial charge in [-0.3, -0.25) is 4.79 Å². The van der Waals surface area contributed by atoms with Crippen molar-refractivity contribution in [3.8, 4) is 0 Å². The third kappa shape index (κ3) is 3.19. The highest BCUT2D eigenvalue weighted by Crippen LogP contribution is 2.16. The molecule has 0 radical (unpaired) electrons. The zero-order chi connectivity index (χ0) is 12.1. The summed E-state index contributed by atoms with van der Waals surface area (Å²) in [4.78, 5) is 14.7. The number of thiol groups is 1. The van der Waals surface area contributed by atoms with Gasteiger partial charge in [0.05, 0.1) is 5.56 Å². The third-order valence-electron chi connectivity index (χ3n) is 2.52. The van der Waals surface area contributed by atoms with Gasteiger partial charge in [-0.15, -0.1) is 12.6 Å². The highest BCUT2D eigenvalue weighted by atomic mass is 32.2. The molecule has 4 heteroatoms. The van der Waals surface area contributed by atoms with Crippen molar-refractivity contribution in [2.45, 2.75) is 17.9 Å². The van der Waals surface area contributed by atoms with Crippen LogP contribution in [0.1, 0.15) is 17.3 Å². The topological polar surface area (TPSA) is 20.3 Å². The number of hydrogen-bond donors (Lipinski definition) is 1. The summed E-state index contributed by atoms with van der Waals surface area (Å²) in [6.07, 6.45) is 2.04. The van der Waals surface area contributed by atoms with Crippen LogP contribution in [0.2, 0.25) is 0 Å². The van der Waals surface area contributed by atoms with E-state index in [0.29, 0.717) is 5.56 Å². The minimum atomic E-state index is 0.0344. The van der Waals surface area contributed by atoms with Crippen molar-refractivity contribution in [2.24, 2.45) is 0 Å².